The number of amides is 1. The number of aryl methyl sites for hydroxylation is 1. The smallest absolute Gasteiger partial charge is 0.407 e. The van der Waals surface area contributed by atoms with Crippen molar-refractivity contribution in [3.8, 4) is 16.2 Å². The van der Waals surface area contributed by atoms with E-state index in [1.165, 1.54) is 18.1 Å². The average molecular weight is 551 g/mol. The number of benzene rings is 1. The number of hydrogen-bond donors (Lipinski definition) is 2. The lowest BCUT2D eigenvalue weighted by atomic mass is 10.1. The number of thiophene rings is 1. The van der Waals surface area contributed by atoms with Gasteiger partial charge in [-0.1, -0.05) is 17.7 Å². The summed E-state index contributed by atoms with van der Waals surface area (Å²) >= 11 is 8.00. The molecule has 12 heteroatoms. The molecule has 0 aliphatic carbocycles. The number of aromatic nitrogens is 1. The predicted molar refractivity (Wildman–Crippen MR) is 142 cm³/mol. The van der Waals surface area contributed by atoms with Gasteiger partial charge in [0.2, 0.25) is 0 Å². The van der Waals surface area contributed by atoms with Gasteiger partial charge in [0, 0.05) is 22.8 Å². The number of nitrogens with zero attached hydrogens (tertiary/aromatic N) is 3. The maximum Gasteiger partial charge on any atom is 0.407 e. The maximum atomic E-state index is 13.3. The molecule has 0 radical (unpaired) electrons. The van der Waals surface area contributed by atoms with Crippen LogP contribution in [0.25, 0.3) is 10.4 Å². The molecule has 0 unspecified atom stereocenters. The van der Waals surface area contributed by atoms with Gasteiger partial charge in [-0.05, 0) is 62.7 Å². The lowest BCUT2D eigenvalue weighted by molar-refractivity contribution is 0.0981. The van der Waals surface area contributed by atoms with Crippen LogP contribution >= 0.6 is 22.9 Å². The van der Waals surface area contributed by atoms with E-state index in [0.717, 1.165) is 15.3 Å². The van der Waals surface area contributed by atoms with Crippen molar-refractivity contribution in [1.82, 2.24) is 9.88 Å². The molecule has 1 saturated heterocycles. The minimum absolute atomic E-state index is 0.0185. The molecule has 1 aliphatic rings. The van der Waals surface area contributed by atoms with Gasteiger partial charge in [-0.3, -0.25) is 9.62 Å². The van der Waals surface area contributed by atoms with Gasteiger partial charge >= 0.3 is 6.09 Å². The van der Waals surface area contributed by atoms with Crippen molar-refractivity contribution in [1.29, 1.82) is 0 Å². The SMILES string of the molecule is COc1ccc(N2C[C@@H](C)N(C(=O)O)[C@@H](C)C2)nc1NS(=O)(=O)c1ccc(-c2ccc(C)s2)cc1Cl. The standard InChI is InChI=1S/C24H27ClN4O5S2/c1-14-12-28(13-15(2)29(14)24(30)31)22-10-7-19(34-4)23(26-22)27-36(32,33)21-9-6-17(11-18(21)25)20-8-5-16(3)35-20/h5-11,14-15H,12-13H2,1-4H3,(H,26,27)(H,30,31)/t14-,15+. The lowest BCUT2D eigenvalue weighted by Crippen LogP contribution is -2.58. The number of nitrogens with one attached hydrogen (secondary N) is 1. The minimum atomic E-state index is -4.08. The normalized spacial score (nSPS) is 18.2. The highest BCUT2D eigenvalue weighted by atomic mass is 35.5. The number of sulfonamides is 1. The van der Waals surface area contributed by atoms with Gasteiger partial charge in [-0.25, -0.2) is 18.2 Å². The van der Waals surface area contributed by atoms with Crippen LogP contribution in [0.5, 0.6) is 5.75 Å². The van der Waals surface area contributed by atoms with Crippen molar-refractivity contribution in [3.63, 3.8) is 0 Å². The number of methoxy groups -OCH3 is 1. The van der Waals surface area contributed by atoms with E-state index in [9.17, 15) is 18.3 Å². The molecule has 0 saturated carbocycles. The van der Waals surface area contributed by atoms with Crippen LogP contribution in [0.2, 0.25) is 5.02 Å². The Kier molecular flexibility index (Phi) is 7.35. The number of halogens is 1. The van der Waals surface area contributed by atoms with Crippen LogP contribution in [-0.2, 0) is 10.0 Å². The zero-order chi connectivity index (χ0) is 26.2. The van der Waals surface area contributed by atoms with Crippen LogP contribution in [0.15, 0.2) is 47.4 Å². The van der Waals surface area contributed by atoms with Gasteiger partial charge in [0.05, 0.1) is 24.2 Å². The molecule has 1 fully saturated rings. The number of pyridine rings is 1. The zero-order valence-electron chi connectivity index (χ0n) is 20.2. The Morgan fingerprint density at radius 1 is 1.17 bits per heavy atom. The summed E-state index contributed by atoms with van der Waals surface area (Å²) in [6, 6.07) is 11.6. The minimum Gasteiger partial charge on any atom is -0.493 e. The fourth-order valence-electron chi connectivity index (χ4n) is 4.38. The van der Waals surface area contributed by atoms with Crippen molar-refractivity contribution in [2.24, 2.45) is 0 Å². The van der Waals surface area contributed by atoms with Crippen LogP contribution < -0.4 is 14.4 Å². The number of carboxylic acid groups (broad SMARTS) is 1. The van der Waals surface area contributed by atoms with E-state index < -0.39 is 16.1 Å². The van der Waals surface area contributed by atoms with E-state index in [4.69, 9.17) is 16.3 Å². The molecule has 4 rings (SSSR count). The van der Waals surface area contributed by atoms with Crippen molar-refractivity contribution >= 4 is 50.7 Å². The number of hydrogen-bond acceptors (Lipinski definition) is 7. The van der Waals surface area contributed by atoms with Gasteiger partial charge < -0.3 is 14.7 Å². The molecular weight excluding hydrogens is 524 g/mol. The summed E-state index contributed by atoms with van der Waals surface area (Å²) in [7, 11) is -2.66. The Labute approximate surface area is 219 Å². The van der Waals surface area contributed by atoms with Crippen LogP contribution in [0, 0.1) is 6.92 Å². The third-order valence-electron chi connectivity index (χ3n) is 6.00. The fourth-order valence-corrected chi connectivity index (χ4v) is 6.80. The number of piperazine rings is 1. The van der Waals surface area contributed by atoms with E-state index in [2.05, 4.69) is 9.71 Å². The van der Waals surface area contributed by atoms with Crippen LogP contribution in [0.1, 0.15) is 18.7 Å². The summed E-state index contributed by atoms with van der Waals surface area (Å²) in [5, 5.41) is 9.57. The first-order valence-corrected chi connectivity index (χ1v) is 13.9. The summed E-state index contributed by atoms with van der Waals surface area (Å²) in [6.45, 7) is 6.48. The molecule has 1 amide bonds. The molecule has 1 aliphatic heterocycles. The Balaban J connectivity index is 1.61. The summed E-state index contributed by atoms with van der Waals surface area (Å²) in [5.41, 5.74) is 0.832. The second-order valence-corrected chi connectivity index (χ2v) is 12.0. The number of rotatable bonds is 6. The maximum absolute atomic E-state index is 13.3. The van der Waals surface area contributed by atoms with Crippen LogP contribution in [0.4, 0.5) is 16.4 Å². The van der Waals surface area contributed by atoms with Gasteiger partial charge in [-0.2, -0.15) is 0 Å². The molecule has 3 aromatic rings. The molecule has 2 N–H and O–H groups in total. The monoisotopic (exact) mass is 550 g/mol. The third-order valence-corrected chi connectivity index (χ3v) is 8.88. The van der Waals surface area contributed by atoms with Gasteiger partial charge in [-0.15, -0.1) is 11.3 Å². The second kappa shape index (κ2) is 10.2. The van der Waals surface area contributed by atoms with Crippen LogP contribution in [0.3, 0.4) is 0 Å². The molecule has 3 heterocycles. The first kappa shape index (κ1) is 26.1. The van der Waals surface area contributed by atoms with E-state index in [1.807, 2.05) is 37.8 Å². The highest BCUT2D eigenvalue weighted by molar-refractivity contribution is 7.92. The summed E-state index contributed by atoms with van der Waals surface area (Å²) in [6.07, 6.45) is -0.970. The highest BCUT2D eigenvalue weighted by Crippen LogP contribution is 2.34. The fraction of sp³-hybridized carbons (Fsp3) is 0.333. The molecule has 2 atom stereocenters. The number of ether oxygens (including phenoxy) is 1. The quantitative estimate of drug-likeness (QED) is 0.436. The first-order chi connectivity index (χ1) is 17.0. The molecule has 192 valence electrons. The Hall–Kier alpha value is -3.02. The largest absolute Gasteiger partial charge is 0.493 e. The van der Waals surface area contributed by atoms with Crippen molar-refractivity contribution in [2.75, 3.05) is 29.8 Å². The van der Waals surface area contributed by atoms with Crippen molar-refractivity contribution in [3.05, 3.63) is 52.4 Å². The number of anilines is 2. The topological polar surface area (TPSA) is 112 Å². The average Bonchev–Trinajstić information content (AvgIpc) is 3.24. The summed E-state index contributed by atoms with van der Waals surface area (Å²) in [4.78, 5) is 21.5. The summed E-state index contributed by atoms with van der Waals surface area (Å²) < 4.78 is 34.4. The van der Waals surface area contributed by atoms with Crippen molar-refractivity contribution < 1.29 is 23.1 Å². The first-order valence-electron chi connectivity index (χ1n) is 11.2. The zero-order valence-corrected chi connectivity index (χ0v) is 22.6. The van der Waals surface area contributed by atoms with E-state index >= 15 is 0 Å². The third kappa shape index (κ3) is 5.23. The van der Waals surface area contributed by atoms with E-state index in [1.54, 1.807) is 35.6 Å². The molecule has 0 bridgehead atoms. The van der Waals surface area contributed by atoms with E-state index in [0.29, 0.717) is 18.9 Å². The van der Waals surface area contributed by atoms with Gasteiger partial charge in [0.1, 0.15) is 10.7 Å². The highest BCUT2D eigenvalue weighted by Gasteiger charge is 2.33. The molecule has 2 aromatic heterocycles. The van der Waals surface area contributed by atoms with Gasteiger partial charge in [0.25, 0.3) is 10.0 Å². The number of carbonyl (C=O) groups is 1. The molecule has 9 nitrogen and oxygen atoms in total. The molecular formula is C24H27ClN4O5S2. The predicted octanol–water partition coefficient (Wildman–Crippen LogP) is 5.16. The van der Waals surface area contributed by atoms with E-state index in [-0.39, 0.29) is 33.6 Å². The van der Waals surface area contributed by atoms with Crippen molar-refractivity contribution in [2.45, 2.75) is 37.8 Å². The van der Waals surface area contributed by atoms with Gasteiger partial charge in [0.15, 0.2) is 11.6 Å². The second-order valence-electron chi connectivity index (χ2n) is 8.67. The summed E-state index contributed by atoms with van der Waals surface area (Å²) in [5.74, 6) is 0.770. The molecule has 1 aromatic carbocycles. The molecule has 36 heavy (non-hydrogen) atoms. The Morgan fingerprint density at radius 3 is 2.42 bits per heavy atom. The Morgan fingerprint density at radius 2 is 1.86 bits per heavy atom. The molecule has 0 spiro atoms. The Bertz CT molecular complexity index is 1380. The van der Waals surface area contributed by atoms with Crippen LogP contribution in [-0.4, -0.2) is 61.8 Å². The lowest BCUT2D eigenvalue weighted by Gasteiger charge is -2.43.